The van der Waals surface area contributed by atoms with Crippen LogP contribution in [0.25, 0.3) is 10.2 Å². The molecule has 1 aliphatic rings. The highest BCUT2D eigenvalue weighted by Gasteiger charge is 2.25. The van der Waals surface area contributed by atoms with Crippen molar-refractivity contribution in [3.05, 3.63) is 41.8 Å². The number of nitrogens with zero attached hydrogens (tertiary/aromatic N) is 4. The number of thiazole rings is 1. The van der Waals surface area contributed by atoms with E-state index in [4.69, 9.17) is 9.51 Å². The average Bonchev–Trinajstić information content (AvgIpc) is 3.22. The van der Waals surface area contributed by atoms with Gasteiger partial charge in [-0.3, -0.25) is 4.79 Å². The van der Waals surface area contributed by atoms with E-state index in [1.165, 1.54) is 4.70 Å². The molecule has 0 saturated carbocycles. The van der Waals surface area contributed by atoms with Crippen molar-refractivity contribution in [3.63, 3.8) is 0 Å². The predicted octanol–water partition coefficient (Wildman–Crippen LogP) is 3.76. The molecule has 0 atom stereocenters. The van der Waals surface area contributed by atoms with Gasteiger partial charge in [-0.2, -0.15) is 0 Å². The maximum absolute atomic E-state index is 12.7. The van der Waals surface area contributed by atoms with Gasteiger partial charge in [0.1, 0.15) is 0 Å². The minimum absolute atomic E-state index is 0.0736. The van der Waals surface area contributed by atoms with Gasteiger partial charge in [-0.05, 0) is 24.5 Å². The molecule has 1 saturated heterocycles. The molecule has 1 aromatic carbocycles. The predicted molar refractivity (Wildman–Crippen MR) is 103 cm³/mol. The average molecular weight is 370 g/mol. The molecule has 0 N–H and O–H groups in total. The summed E-state index contributed by atoms with van der Waals surface area (Å²) in [6.07, 6.45) is 0.910. The van der Waals surface area contributed by atoms with Crippen LogP contribution in [0.4, 0.5) is 5.13 Å². The lowest BCUT2D eigenvalue weighted by Crippen LogP contribution is -2.35. The summed E-state index contributed by atoms with van der Waals surface area (Å²) in [5.41, 5.74) is 1.85. The second-order valence-corrected chi connectivity index (χ2v) is 7.88. The van der Waals surface area contributed by atoms with Gasteiger partial charge in [0.25, 0.3) is 5.91 Å². The molecule has 7 heteroatoms. The molecule has 1 amide bonds. The second-order valence-electron chi connectivity index (χ2n) is 6.87. The Kier molecular flexibility index (Phi) is 4.63. The molecule has 0 aliphatic carbocycles. The smallest absolute Gasteiger partial charge is 0.292 e. The van der Waals surface area contributed by atoms with Crippen molar-refractivity contribution in [3.8, 4) is 0 Å². The number of amides is 1. The Balaban J connectivity index is 1.46. The Bertz CT molecular complexity index is 884. The summed E-state index contributed by atoms with van der Waals surface area (Å²) in [7, 11) is 0. The van der Waals surface area contributed by atoms with E-state index in [0.29, 0.717) is 12.3 Å². The van der Waals surface area contributed by atoms with Crippen LogP contribution in [-0.4, -0.2) is 47.1 Å². The van der Waals surface area contributed by atoms with Gasteiger partial charge in [0.2, 0.25) is 5.76 Å². The minimum Gasteiger partial charge on any atom is -0.351 e. The Morgan fingerprint density at radius 1 is 1.19 bits per heavy atom. The number of carbonyl (C=O) groups is 1. The van der Waals surface area contributed by atoms with Crippen molar-refractivity contribution < 1.29 is 9.32 Å². The van der Waals surface area contributed by atoms with E-state index in [1.807, 2.05) is 36.9 Å². The van der Waals surface area contributed by atoms with Gasteiger partial charge in [0.05, 0.1) is 15.9 Å². The molecule has 6 nitrogen and oxygen atoms in total. The number of para-hydroxylation sites is 1. The van der Waals surface area contributed by atoms with Crippen LogP contribution in [0.3, 0.4) is 0 Å². The first-order valence-corrected chi connectivity index (χ1v) is 9.80. The summed E-state index contributed by atoms with van der Waals surface area (Å²) in [6.45, 7) is 7.13. The monoisotopic (exact) mass is 370 g/mol. The number of fused-ring (bicyclic) bond motifs is 1. The van der Waals surface area contributed by atoms with Crippen molar-refractivity contribution >= 4 is 32.6 Å². The summed E-state index contributed by atoms with van der Waals surface area (Å²) in [5, 5.41) is 5.03. The first-order chi connectivity index (χ1) is 12.6. The molecule has 4 rings (SSSR count). The van der Waals surface area contributed by atoms with E-state index in [1.54, 1.807) is 17.4 Å². The number of carbonyl (C=O) groups excluding carboxylic acids is 1. The van der Waals surface area contributed by atoms with Crippen LogP contribution < -0.4 is 4.90 Å². The largest absolute Gasteiger partial charge is 0.351 e. The molecular weight excluding hydrogens is 348 g/mol. The lowest BCUT2D eigenvalue weighted by atomic mass is 10.1. The van der Waals surface area contributed by atoms with Gasteiger partial charge < -0.3 is 14.3 Å². The number of hydrogen-bond donors (Lipinski definition) is 0. The fourth-order valence-corrected chi connectivity index (χ4v) is 4.14. The van der Waals surface area contributed by atoms with Gasteiger partial charge in [0, 0.05) is 32.2 Å². The fraction of sp³-hybridized carbons (Fsp3) is 0.421. The van der Waals surface area contributed by atoms with E-state index in [0.717, 1.165) is 42.4 Å². The molecule has 1 fully saturated rings. The molecule has 26 heavy (non-hydrogen) atoms. The number of rotatable bonds is 3. The Labute approximate surface area is 156 Å². The molecule has 2 aromatic heterocycles. The summed E-state index contributed by atoms with van der Waals surface area (Å²) in [5.74, 6) is 0.511. The Morgan fingerprint density at radius 3 is 2.81 bits per heavy atom. The Morgan fingerprint density at radius 2 is 2.04 bits per heavy atom. The molecule has 0 unspecified atom stereocenters. The third kappa shape index (κ3) is 3.31. The van der Waals surface area contributed by atoms with Gasteiger partial charge in [0.15, 0.2) is 5.13 Å². The highest BCUT2D eigenvalue weighted by molar-refractivity contribution is 7.22. The van der Waals surface area contributed by atoms with Crippen molar-refractivity contribution in [2.24, 2.45) is 0 Å². The van der Waals surface area contributed by atoms with Gasteiger partial charge in [-0.25, -0.2) is 4.98 Å². The molecule has 0 bridgehead atoms. The highest BCUT2D eigenvalue weighted by atomic mass is 32.1. The van der Waals surface area contributed by atoms with Crippen LogP contribution in [0.2, 0.25) is 0 Å². The highest BCUT2D eigenvalue weighted by Crippen LogP contribution is 2.29. The van der Waals surface area contributed by atoms with E-state index in [2.05, 4.69) is 16.1 Å². The zero-order valence-electron chi connectivity index (χ0n) is 15.0. The minimum atomic E-state index is -0.0736. The zero-order valence-corrected chi connectivity index (χ0v) is 15.8. The summed E-state index contributed by atoms with van der Waals surface area (Å²) in [6, 6.07) is 9.95. The molecule has 0 radical (unpaired) electrons. The van der Waals surface area contributed by atoms with Crippen LogP contribution in [0, 0.1) is 0 Å². The third-order valence-electron chi connectivity index (χ3n) is 4.67. The Hall–Kier alpha value is -2.41. The van der Waals surface area contributed by atoms with Crippen molar-refractivity contribution in [1.82, 2.24) is 15.0 Å². The maximum Gasteiger partial charge on any atom is 0.292 e. The van der Waals surface area contributed by atoms with Crippen molar-refractivity contribution in [2.45, 2.75) is 26.2 Å². The molecule has 0 spiro atoms. The standard InChI is InChI=1S/C19H22N4O2S/c1-13(2)15-12-16(25-21-15)18(24)22-8-5-9-23(11-10-22)19-20-14-6-3-4-7-17(14)26-19/h3-4,6-7,12-13H,5,8-11H2,1-2H3. The molecule has 3 heterocycles. The first-order valence-electron chi connectivity index (χ1n) is 8.98. The third-order valence-corrected chi connectivity index (χ3v) is 5.76. The van der Waals surface area contributed by atoms with Crippen LogP contribution in [0.1, 0.15) is 42.4 Å². The summed E-state index contributed by atoms with van der Waals surface area (Å²) < 4.78 is 6.46. The number of benzene rings is 1. The molecule has 3 aromatic rings. The number of anilines is 1. The topological polar surface area (TPSA) is 62.5 Å². The van der Waals surface area contributed by atoms with E-state index >= 15 is 0 Å². The second kappa shape index (κ2) is 7.07. The molecular formula is C19H22N4O2S. The zero-order chi connectivity index (χ0) is 18.1. The van der Waals surface area contributed by atoms with E-state index in [-0.39, 0.29) is 11.8 Å². The van der Waals surface area contributed by atoms with Crippen LogP contribution in [0.5, 0.6) is 0 Å². The van der Waals surface area contributed by atoms with Crippen molar-refractivity contribution in [2.75, 3.05) is 31.1 Å². The van der Waals surface area contributed by atoms with Gasteiger partial charge in [-0.15, -0.1) is 0 Å². The summed E-state index contributed by atoms with van der Waals surface area (Å²) >= 11 is 1.71. The normalized spacial score (nSPS) is 15.7. The quantitative estimate of drug-likeness (QED) is 0.702. The molecule has 1 aliphatic heterocycles. The van der Waals surface area contributed by atoms with Crippen LogP contribution >= 0.6 is 11.3 Å². The molecule has 136 valence electrons. The van der Waals surface area contributed by atoms with Crippen LogP contribution in [-0.2, 0) is 0 Å². The number of hydrogen-bond acceptors (Lipinski definition) is 6. The van der Waals surface area contributed by atoms with E-state index < -0.39 is 0 Å². The van der Waals surface area contributed by atoms with Crippen molar-refractivity contribution in [1.29, 1.82) is 0 Å². The van der Waals surface area contributed by atoms with Crippen LogP contribution in [0.15, 0.2) is 34.9 Å². The van der Waals surface area contributed by atoms with E-state index in [9.17, 15) is 4.79 Å². The lowest BCUT2D eigenvalue weighted by molar-refractivity contribution is 0.0725. The van der Waals surface area contributed by atoms with Gasteiger partial charge in [-0.1, -0.05) is 42.5 Å². The lowest BCUT2D eigenvalue weighted by Gasteiger charge is -2.20. The SMILES string of the molecule is CC(C)c1cc(C(=O)N2CCCN(c3nc4ccccc4s3)CC2)on1. The summed E-state index contributed by atoms with van der Waals surface area (Å²) in [4.78, 5) is 21.6. The first kappa shape index (κ1) is 17.0. The number of aromatic nitrogens is 2. The maximum atomic E-state index is 12.7. The fourth-order valence-electron chi connectivity index (χ4n) is 3.12. The van der Waals surface area contributed by atoms with Gasteiger partial charge >= 0.3 is 0 Å².